The standard InChI is InChI=1S/C12H20ClN5O/c1-3-7-19-12-16-10(13)15-11(17-12)14-8-9-5-4-6-18(9)2/h9H,3-8H2,1-2H3,(H,14,15,16,17). The van der Waals surface area contributed by atoms with Crippen LogP contribution in [0.25, 0.3) is 0 Å². The van der Waals surface area contributed by atoms with Crippen LogP contribution >= 0.6 is 11.6 Å². The van der Waals surface area contributed by atoms with E-state index in [2.05, 4.69) is 32.2 Å². The summed E-state index contributed by atoms with van der Waals surface area (Å²) >= 11 is 5.86. The molecule has 1 aromatic rings. The summed E-state index contributed by atoms with van der Waals surface area (Å²) in [5.74, 6) is 0.478. The van der Waals surface area contributed by atoms with Crippen molar-refractivity contribution in [1.82, 2.24) is 19.9 Å². The summed E-state index contributed by atoms with van der Waals surface area (Å²) < 4.78 is 5.37. The number of ether oxygens (including phenoxy) is 1. The van der Waals surface area contributed by atoms with Crippen LogP contribution in [-0.2, 0) is 0 Å². The molecule has 1 aliphatic rings. The first kappa shape index (κ1) is 14.3. The number of hydrogen-bond donors (Lipinski definition) is 1. The number of likely N-dealkylation sites (N-methyl/N-ethyl adjacent to an activating group) is 1. The number of anilines is 1. The Bertz CT molecular complexity index is 417. The molecule has 1 N–H and O–H groups in total. The van der Waals surface area contributed by atoms with Crippen LogP contribution in [0.4, 0.5) is 5.95 Å². The predicted molar refractivity (Wildman–Crippen MR) is 74.8 cm³/mol. The molecule has 0 radical (unpaired) electrons. The Kier molecular flexibility index (Phi) is 5.15. The van der Waals surface area contributed by atoms with Gasteiger partial charge < -0.3 is 15.0 Å². The Morgan fingerprint density at radius 3 is 2.95 bits per heavy atom. The number of hydrogen-bond acceptors (Lipinski definition) is 6. The topological polar surface area (TPSA) is 63.2 Å². The molecule has 1 fully saturated rings. The fourth-order valence-electron chi connectivity index (χ4n) is 2.12. The Labute approximate surface area is 118 Å². The molecular formula is C12H20ClN5O. The summed E-state index contributed by atoms with van der Waals surface area (Å²) in [6.07, 6.45) is 3.34. The molecule has 0 saturated carbocycles. The van der Waals surface area contributed by atoms with Crippen LogP contribution in [-0.4, -0.2) is 52.6 Å². The molecule has 7 heteroatoms. The number of rotatable bonds is 6. The minimum absolute atomic E-state index is 0.156. The normalized spacial score (nSPS) is 19.6. The van der Waals surface area contributed by atoms with Gasteiger partial charge in [-0.1, -0.05) is 6.92 Å². The van der Waals surface area contributed by atoms with Gasteiger partial charge in [0.2, 0.25) is 11.2 Å². The average molecular weight is 286 g/mol. The van der Waals surface area contributed by atoms with Gasteiger partial charge in [-0.05, 0) is 44.5 Å². The molecule has 1 aromatic heterocycles. The highest BCUT2D eigenvalue weighted by atomic mass is 35.5. The quantitative estimate of drug-likeness (QED) is 0.860. The molecule has 1 unspecified atom stereocenters. The van der Waals surface area contributed by atoms with Gasteiger partial charge in [0.05, 0.1) is 6.61 Å². The summed E-state index contributed by atoms with van der Waals surface area (Å²) in [7, 11) is 2.13. The van der Waals surface area contributed by atoms with E-state index in [0.29, 0.717) is 18.6 Å². The van der Waals surface area contributed by atoms with Crippen LogP contribution in [0.5, 0.6) is 6.01 Å². The SMILES string of the molecule is CCCOc1nc(Cl)nc(NCC2CCCN2C)n1. The predicted octanol–water partition coefficient (Wildman–Crippen LogP) is 1.82. The Morgan fingerprint density at radius 1 is 1.42 bits per heavy atom. The summed E-state index contributed by atoms with van der Waals surface area (Å²) in [6, 6.07) is 0.805. The first-order chi connectivity index (χ1) is 9.19. The molecule has 19 heavy (non-hydrogen) atoms. The van der Waals surface area contributed by atoms with Crippen molar-refractivity contribution in [2.75, 3.05) is 32.1 Å². The summed E-state index contributed by atoms with van der Waals surface area (Å²) in [6.45, 7) is 4.56. The lowest BCUT2D eigenvalue weighted by Crippen LogP contribution is -2.32. The van der Waals surface area contributed by atoms with Gasteiger partial charge in [-0.25, -0.2) is 0 Å². The lowest BCUT2D eigenvalue weighted by molar-refractivity contribution is 0.291. The van der Waals surface area contributed by atoms with Crippen LogP contribution in [0.3, 0.4) is 0 Å². The molecule has 0 spiro atoms. The molecule has 0 aliphatic carbocycles. The van der Waals surface area contributed by atoms with Crippen molar-refractivity contribution >= 4 is 17.5 Å². The van der Waals surface area contributed by atoms with Gasteiger partial charge in [0.1, 0.15) is 0 Å². The maximum absolute atomic E-state index is 5.86. The highest BCUT2D eigenvalue weighted by molar-refractivity contribution is 6.28. The average Bonchev–Trinajstić information content (AvgIpc) is 2.79. The number of likely N-dealkylation sites (tertiary alicyclic amines) is 1. The van der Waals surface area contributed by atoms with Crippen molar-refractivity contribution in [3.05, 3.63) is 5.28 Å². The van der Waals surface area contributed by atoms with Crippen LogP contribution in [0.15, 0.2) is 0 Å². The molecule has 1 aliphatic heterocycles. The maximum atomic E-state index is 5.86. The second kappa shape index (κ2) is 6.86. The third-order valence-corrected chi connectivity index (χ3v) is 3.36. The van der Waals surface area contributed by atoms with E-state index in [1.54, 1.807) is 0 Å². The second-order valence-corrected chi connectivity index (χ2v) is 5.05. The van der Waals surface area contributed by atoms with Gasteiger partial charge in [0, 0.05) is 12.6 Å². The highest BCUT2D eigenvalue weighted by Crippen LogP contribution is 2.16. The monoisotopic (exact) mass is 285 g/mol. The summed E-state index contributed by atoms with van der Waals surface area (Å²) in [5, 5.41) is 3.36. The molecule has 2 heterocycles. The Balaban J connectivity index is 1.93. The minimum Gasteiger partial charge on any atom is -0.463 e. The molecule has 106 valence electrons. The van der Waals surface area contributed by atoms with Crippen molar-refractivity contribution in [2.24, 2.45) is 0 Å². The molecule has 1 atom stereocenters. The fourth-order valence-corrected chi connectivity index (χ4v) is 2.27. The maximum Gasteiger partial charge on any atom is 0.322 e. The minimum atomic E-state index is 0.156. The zero-order valence-corrected chi connectivity index (χ0v) is 12.2. The van der Waals surface area contributed by atoms with E-state index in [0.717, 1.165) is 19.5 Å². The van der Waals surface area contributed by atoms with Crippen LogP contribution in [0.1, 0.15) is 26.2 Å². The van der Waals surface area contributed by atoms with E-state index in [4.69, 9.17) is 16.3 Å². The third kappa shape index (κ3) is 4.18. The van der Waals surface area contributed by atoms with E-state index in [9.17, 15) is 0 Å². The van der Waals surface area contributed by atoms with Gasteiger partial charge in [-0.2, -0.15) is 15.0 Å². The van der Waals surface area contributed by atoms with E-state index in [1.165, 1.54) is 12.8 Å². The molecule has 0 bridgehead atoms. The third-order valence-electron chi connectivity index (χ3n) is 3.19. The van der Waals surface area contributed by atoms with E-state index in [1.807, 2.05) is 6.92 Å². The fraction of sp³-hybridized carbons (Fsp3) is 0.750. The zero-order chi connectivity index (χ0) is 13.7. The van der Waals surface area contributed by atoms with E-state index in [-0.39, 0.29) is 11.3 Å². The molecular weight excluding hydrogens is 266 g/mol. The Hall–Kier alpha value is -1.14. The van der Waals surface area contributed by atoms with Gasteiger partial charge in [-0.3, -0.25) is 0 Å². The molecule has 1 saturated heterocycles. The van der Waals surface area contributed by atoms with Crippen molar-refractivity contribution < 1.29 is 4.74 Å². The van der Waals surface area contributed by atoms with Gasteiger partial charge in [0.15, 0.2) is 0 Å². The number of halogens is 1. The number of nitrogens with one attached hydrogen (secondary N) is 1. The molecule has 0 amide bonds. The summed E-state index contributed by atoms with van der Waals surface area (Å²) in [4.78, 5) is 14.5. The second-order valence-electron chi connectivity index (χ2n) is 4.72. The number of nitrogens with zero attached hydrogens (tertiary/aromatic N) is 4. The smallest absolute Gasteiger partial charge is 0.322 e. The largest absolute Gasteiger partial charge is 0.463 e. The zero-order valence-electron chi connectivity index (χ0n) is 11.4. The molecule has 6 nitrogen and oxygen atoms in total. The highest BCUT2D eigenvalue weighted by Gasteiger charge is 2.20. The van der Waals surface area contributed by atoms with E-state index < -0.39 is 0 Å². The lowest BCUT2D eigenvalue weighted by Gasteiger charge is -2.19. The van der Waals surface area contributed by atoms with Crippen LogP contribution in [0.2, 0.25) is 5.28 Å². The lowest BCUT2D eigenvalue weighted by atomic mass is 10.2. The van der Waals surface area contributed by atoms with Crippen molar-refractivity contribution in [2.45, 2.75) is 32.2 Å². The van der Waals surface area contributed by atoms with Crippen molar-refractivity contribution in [1.29, 1.82) is 0 Å². The van der Waals surface area contributed by atoms with Gasteiger partial charge in [-0.15, -0.1) is 0 Å². The first-order valence-corrected chi connectivity index (χ1v) is 7.05. The van der Waals surface area contributed by atoms with Crippen LogP contribution in [0, 0.1) is 0 Å². The van der Waals surface area contributed by atoms with Crippen molar-refractivity contribution in [3.63, 3.8) is 0 Å². The van der Waals surface area contributed by atoms with Crippen LogP contribution < -0.4 is 10.1 Å². The Morgan fingerprint density at radius 2 is 2.26 bits per heavy atom. The van der Waals surface area contributed by atoms with Crippen molar-refractivity contribution in [3.8, 4) is 6.01 Å². The molecule has 2 rings (SSSR count). The van der Waals surface area contributed by atoms with Gasteiger partial charge in [0.25, 0.3) is 0 Å². The summed E-state index contributed by atoms with van der Waals surface area (Å²) in [5.41, 5.74) is 0. The van der Waals surface area contributed by atoms with Gasteiger partial charge >= 0.3 is 6.01 Å². The first-order valence-electron chi connectivity index (χ1n) is 6.67. The van der Waals surface area contributed by atoms with E-state index >= 15 is 0 Å². The molecule has 0 aromatic carbocycles. The number of aromatic nitrogens is 3.